The molecule has 1 heteroatoms. The van der Waals surface area contributed by atoms with Crippen LogP contribution < -0.4 is 0 Å². The van der Waals surface area contributed by atoms with Crippen LogP contribution in [-0.4, -0.2) is 11.9 Å². The van der Waals surface area contributed by atoms with E-state index in [-0.39, 0.29) is 0 Å². The molecule has 0 aromatic heterocycles. The van der Waals surface area contributed by atoms with Gasteiger partial charge in [0, 0.05) is 18.4 Å². The SMILES string of the molecule is C=C(/C=C\C)N(C)/C(C)=C/C. The van der Waals surface area contributed by atoms with Crippen LogP contribution in [-0.2, 0) is 0 Å². The molecular formula is C10H17N. The highest BCUT2D eigenvalue weighted by molar-refractivity contribution is 5.17. The topological polar surface area (TPSA) is 3.24 Å². The summed E-state index contributed by atoms with van der Waals surface area (Å²) >= 11 is 0. The van der Waals surface area contributed by atoms with E-state index < -0.39 is 0 Å². The van der Waals surface area contributed by atoms with Gasteiger partial charge in [-0.25, -0.2) is 0 Å². The summed E-state index contributed by atoms with van der Waals surface area (Å²) in [7, 11) is 2.01. The van der Waals surface area contributed by atoms with Crippen LogP contribution in [0.1, 0.15) is 20.8 Å². The predicted molar refractivity (Wildman–Crippen MR) is 51.1 cm³/mol. The van der Waals surface area contributed by atoms with Crippen LogP contribution >= 0.6 is 0 Å². The lowest BCUT2D eigenvalue weighted by atomic mass is 10.3. The number of hydrogen-bond donors (Lipinski definition) is 0. The standard InChI is InChI=1S/C10H17N/c1-6-8-10(4)11(5)9(3)7-2/h6-8H,4H2,1-3,5H3/b8-6-,9-7+. The molecule has 0 amide bonds. The maximum absolute atomic E-state index is 3.91. The summed E-state index contributed by atoms with van der Waals surface area (Å²) in [5.41, 5.74) is 2.23. The summed E-state index contributed by atoms with van der Waals surface area (Å²) in [6, 6.07) is 0. The van der Waals surface area contributed by atoms with Gasteiger partial charge >= 0.3 is 0 Å². The van der Waals surface area contributed by atoms with Gasteiger partial charge in [-0.05, 0) is 26.8 Å². The van der Waals surface area contributed by atoms with E-state index in [0.717, 1.165) is 5.70 Å². The van der Waals surface area contributed by atoms with Gasteiger partial charge in [-0.2, -0.15) is 0 Å². The molecule has 0 unspecified atom stereocenters. The minimum absolute atomic E-state index is 1.02. The quantitative estimate of drug-likeness (QED) is 0.560. The van der Waals surface area contributed by atoms with Gasteiger partial charge in [0.1, 0.15) is 0 Å². The van der Waals surface area contributed by atoms with Crippen molar-refractivity contribution in [3.05, 3.63) is 36.2 Å². The highest BCUT2D eigenvalue weighted by Gasteiger charge is 1.97. The fraction of sp³-hybridized carbons (Fsp3) is 0.400. The first-order valence-electron chi connectivity index (χ1n) is 3.81. The third-order valence-electron chi connectivity index (χ3n) is 1.74. The minimum Gasteiger partial charge on any atom is -0.349 e. The molecule has 0 fully saturated rings. The molecule has 11 heavy (non-hydrogen) atoms. The zero-order chi connectivity index (χ0) is 8.85. The minimum atomic E-state index is 1.02. The second-order valence-electron chi connectivity index (χ2n) is 2.48. The van der Waals surface area contributed by atoms with Crippen LogP contribution in [0.2, 0.25) is 0 Å². The van der Waals surface area contributed by atoms with E-state index in [0.29, 0.717) is 0 Å². The zero-order valence-electron chi connectivity index (χ0n) is 7.89. The molecule has 0 saturated heterocycles. The van der Waals surface area contributed by atoms with Crippen molar-refractivity contribution in [2.45, 2.75) is 20.8 Å². The summed E-state index contributed by atoms with van der Waals surface area (Å²) in [5, 5.41) is 0. The Balaban J connectivity index is 4.25. The highest BCUT2D eigenvalue weighted by atomic mass is 15.1. The van der Waals surface area contributed by atoms with Crippen LogP contribution in [0, 0.1) is 0 Å². The van der Waals surface area contributed by atoms with Crippen LogP contribution in [0.5, 0.6) is 0 Å². The molecule has 0 aromatic rings. The number of allylic oxidation sites excluding steroid dienone is 4. The molecule has 0 heterocycles. The summed E-state index contributed by atoms with van der Waals surface area (Å²) in [6.07, 6.45) is 6.05. The van der Waals surface area contributed by atoms with Crippen LogP contribution in [0.15, 0.2) is 36.2 Å². The fourth-order valence-corrected chi connectivity index (χ4v) is 0.724. The summed E-state index contributed by atoms with van der Waals surface area (Å²) < 4.78 is 0. The monoisotopic (exact) mass is 151 g/mol. The zero-order valence-corrected chi connectivity index (χ0v) is 7.89. The van der Waals surface area contributed by atoms with Crippen molar-refractivity contribution in [3.63, 3.8) is 0 Å². The van der Waals surface area contributed by atoms with Gasteiger partial charge in [0.2, 0.25) is 0 Å². The molecule has 0 saturated carbocycles. The summed E-state index contributed by atoms with van der Waals surface area (Å²) in [4.78, 5) is 2.06. The number of nitrogens with zero attached hydrogens (tertiary/aromatic N) is 1. The Morgan fingerprint density at radius 2 is 1.91 bits per heavy atom. The number of rotatable bonds is 3. The summed E-state index contributed by atoms with van der Waals surface area (Å²) in [5.74, 6) is 0. The molecule has 0 bridgehead atoms. The Labute approximate surface area is 69.7 Å². The Bertz CT molecular complexity index is 187. The third-order valence-corrected chi connectivity index (χ3v) is 1.74. The van der Waals surface area contributed by atoms with Gasteiger partial charge in [0.05, 0.1) is 0 Å². The second-order valence-corrected chi connectivity index (χ2v) is 2.48. The Morgan fingerprint density at radius 3 is 2.27 bits per heavy atom. The van der Waals surface area contributed by atoms with Crippen molar-refractivity contribution < 1.29 is 0 Å². The average molecular weight is 151 g/mol. The molecule has 0 radical (unpaired) electrons. The Hall–Kier alpha value is -0.980. The van der Waals surface area contributed by atoms with E-state index in [2.05, 4.69) is 24.5 Å². The van der Waals surface area contributed by atoms with Crippen LogP contribution in [0.25, 0.3) is 0 Å². The molecule has 0 aromatic carbocycles. The van der Waals surface area contributed by atoms with E-state index in [1.807, 2.05) is 33.0 Å². The van der Waals surface area contributed by atoms with E-state index in [4.69, 9.17) is 0 Å². The maximum Gasteiger partial charge on any atom is 0.0329 e. The van der Waals surface area contributed by atoms with Crippen molar-refractivity contribution in [2.24, 2.45) is 0 Å². The molecule has 0 atom stereocenters. The third kappa shape index (κ3) is 3.08. The van der Waals surface area contributed by atoms with Gasteiger partial charge in [-0.15, -0.1) is 0 Å². The molecule has 62 valence electrons. The maximum atomic E-state index is 3.91. The van der Waals surface area contributed by atoms with Crippen LogP contribution in [0.3, 0.4) is 0 Å². The van der Waals surface area contributed by atoms with Gasteiger partial charge in [-0.1, -0.05) is 18.7 Å². The van der Waals surface area contributed by atoms with Gasteiger partial charge in [-0.3, -0.25) is 0 Å². The van der Waals surface area contributed by atoms with E-state index >= 15 is 0 Å². The van der Waals surface area contributed by atoms with Crippen molar-refractivity contribution in [2.75, 3.05) is 7.05 Å². The summed E-state index contributed by atoms with van der Waals surface area (Å²) in [6.45, 7) is 9.99. The molecular weight excluding hydrogens is 134 g/mol. The smallest absolute Gasteiger partial charge is 0.0329 e. The first kappa shape index (κ1) is 10.0. The molecule has 1 nitrogen and oxygen atoms in total. The van der Waals surface area contributed by atoms with Crippen molar-refractivity contribution in [3.8, 4) is 0 Å². The fourth-order valence-electron chi connectivity index (χ4n) is 0.724. The number of likely N-dealkylation sites (N-methyl/N-ethyl adjacent to an activating group) is 1. The number of hydrogen-bond acceptors (Lipinski definition) is 1. The Morgan fingerprint density at radius 1 is 1.36 bits per heavy atom. The average Bonchev–Trinajstić information content (AvgIpc) is 2.02. The van der Waals surface area contributed by atoms with Crippen molar-refractivity contribution >= 4 is 0 Å². The molecule has 0 spiro atoms. The van der Waals surface area contributed by atoms with Gasteiger partial charge < -0.3 is 4.90 Å². The molecule has 0 aliphatic rings. The van der Waals surface area contributed by atoms with E-state index in [1.165, 1.54) is 5.70 Å². The van der Waals surface area contributed by atoms with Crippen molar-refractivity contribution in [1.82, 2.24) is 4.90 Å². The van der Waals surface area contributed by atoms with Crippen LogP contribution in [0.4, 0.5) is 0 Å². The lowest BCUT2D eigenvalue weighted by Gasteiger charge is -2.19. The first-order valence-corrected chi connectivity index (χ1v) is 3.81. The Kier molecular flexibility index (Phi) is 4.35. The van der Waals surface area contributed by atoms with Gasteiger partial charge in [0.15, 0.2) is 0 Å². The normalized spacial score (nSPS) is 12.2. The lowest BCUT2D eigenvalue weighted by molar-refractivity contribution is 0.538. The van der Waals surface area contributed by atoms with E-state index in [9.17, 15) is 0 Å². The molecule has 0 aliphatic heterocycles. The van der Waals surface area contributed by atoms with Gasteiger partial charge in [0.25, 0.3) is 0 Å². The van der Waals surface area contributed by atoms with E-state index in [1.54, 1.807) is 0 Å². The first-order chi connectivity index (χ1) is 5.13. The van der Waals surface area contributed by atoms with Crippen molar-refractivity contribution in [1.29, 1.82) is 0 Å². The lowest BCUT2D eigenvalue weighted by Crippen LogP contribution is -2.12. The molecule has 0 N–H and O–H groups in total. The second kappa shape index (κ2) is 4.78. The predicted octanol–water partition coefficient (Wildman–Crippen LogP) is 2.93. The highest BCUT2D eigenvalue weighted by Crippen LogP contribution is 2.08. The molecule has 0 rings (SSSR count). The largest absolute Gasteiger partial charge is 0.349 e. The molecule has 0 aliphatic carbocycles.